The number of ether oxygens (including phenoxy) is 1. The second-order valence-electron chi connectivity index (χ2n) is 5.81. The van der Waals surface area contributed by atoms with Crippen LogP contribution in [0.1, 0.15) is 43.6 Å². The minimum absolute atomic E-state index is 0.00811. The van der Waals surface area contributed by atoms with Gasteiger partial charge in [0.25, 0.3) is 11.8 Å². The zero-order valence-electron chi connectivity index (χ0n) is 13.3. The van der Waals surface area contributed by atoms with Crippen LogP contribution in [0.4, 0.5) is 0 Å². The number of rotatable bonds is 4. The van der Waals surface area contributed by atoms with Crippen molar-refractivity contribution in [3.8, 4) is 0 Å². The summed E-state index contributed by atoms with van der Waals surface area (Å²) < 4.78 is 4.65. The number of esters is 1. The third-order valence-electron chi connectivity index (χ3n) is 2.91. The molecule has 0 heterocycles. The van der Waals surface area contributed by atoms with Gasteiger partial charge in [-0.05, 0) is 30.0 Å². The summed E-state index contributed by atoms with van der Waals surface area (Å²) in [5, 5.41) is 2.17. The molecule has 0 unspecified atom stereocenters. The molecule has 0 aliphatic rings. The van der Waals surface area contributed by atoms with Gasteiger partial charge in [0.05, 0.1) is 0 Å². The zero-order valence-corrected chi connectivity index (χ0v) is 13.3. The molecule has 0 aliphatic carbocycles. The summed E-state index contributed by atoms with van der Waals surface area (Å²) in [5.41, 5.74) is 1.46. The summed E-state index contributed by atoms with van der Waals surface area (Å²) in [6.07, 6.45) is 2.70. The molecule has 0 aromatic heterocycles. The molecule has 0 radical (unpaired) electrons. The number of imide groups is 1. The maximum Gasteiger partial charge on any atom is 0.330 e. The molecule has 22 heavy (non-hydrogen) atoms. The molecule has 0 saturated carbocycles. The second kappa shape index (κ2) is 7.54. The Morgan fingerprint density at radius 1 is 1.14 bits per heavy atom. The van der Waals surface area contributed by atoms with Gasteiger partial charge in [-0.2, -0.15) is 0 Å². The van der Waals surface area contributed by atoms with E-state index in [1.54, 1.807) is 19.1 Å². The average molecular weight is 303 g/mol. The summed E-state index contributed by atoms with van der Waals surface area (Å²) in [5.74, 6) is -1.81. The number of carbonyl (C=O) groups excluding carboxylic acids is 3. The molecule has 0 atom stereocenters. The third-order valence-corrected chi connectivity index (χ3v) is 2.91. The van der Waals surface area contributed by atoms with Gasteiger partial charge in [0.15, 0.2) is 6.61 Å². The average Bonchev–Trinajstić information content (AvgIpc) is 2.44. The van der Waals surface area contributed by atoms with Crippen LogP contribution in [0.15, 0.2) is 36.4 Å². The molecule has 1 N–H and O–H groups in total. The fourth-order valence-electron chi connectivity index (χ4n) is 1.68. The maximum atomic E-state index is 11.9. The minimum atomic E-state index is -0.664. The van der Waals surface area contributed by atoms with Crippen molar-refractivity contribution in [3.63, 3.8) is 0 Å². The van der Waals surface area contributed by atoms with Crippen molar-refractivity contribution in [3.05, 3.63) is 47.5 Å². The summed E-state index contributed by atoms with van der Waals surface area (Å²) in [6.45, 7) is 7.39. The maximum absolute atomic E-state index is 11.9. The lowest BCUT2D eigenvalue weighted by molar-refractivity contribution is -0.143. The van der Waals surface area contributed by atoms with Gasteiger partial charge < -0.3 is 4.74 Å². The highest BCUT2D eigenvalue weighted by molar-refractivity contribution is 6.05. The van der Waals surface area contributed by atoms with Gasteiger partial charge in [-0.15, -0.1) is 0 Å². The van der Waals surface area contributed by atoms with Crippen molar-refractivity contribution in [2.24, 2.45) is 0 Å². The fraction of sp³-hybridized carbons (Fsp3) is 0.353. The van der Waals surface area contributed by atoms with Crippen LogP contribution in [-0.4, -0.2) is 24.4 Å². The van der Waals surface area contributed by atoms with Crippen molar-refractivity contribution < 1.29 is 19.1 Å². The van der Waals surface area contributed by atoms with Gasteiger partial charge in [0.1, 0.15) is 0 Å². The number of hydrogen-bond acceptors (Lipinski definition) is 4. The van der Waals surface area contributed by atoms with E-state index in [1.165, 1.54) is 12.2 Å². The quantitative estimate of drug-likeness (QED) is 0.684. The first-order chi connectivity index (χ1) is 10.2. The van der Waals surface area contributed by atoms with Crippen LogP contribution in [0.3, 0.4) is 0 Å². The van der Waals surface area contributed by atoms with Crippen LogP contribution in [0, 0.1) is 0 Å². The molecule has 0 fully saturated rings. The topological polar surface area (TPSA) is 72.5 Å². The van der Waals surface area contributed by atoms with E-state index in [0.717, 1.165) is 5.56 Å². The van der Waals surface area contributed by atoms with Gasteiger partial charge >= 0.3 is 5.97 Å². The van der Waals surface area contributed by atoms with Crippen LogP contribution in [0.5, 0.6) is 0 Å². The number of nitrogens with one attached hydrogen (secondary N) is 1. The summed E-state index contributed by atoms with van der Waals surface area (Å²) in [6, 6.07) is 7.03. The van der Waals surface area contributed by atoms with Crippen molar-refractivity contribution >= 4 is 17.8 Å². The van der Waals surface area contributed by atoms with Gasteiger partial charge in [-0.3, -0.25) is 14.9 Å². The second-order valence-corrected chi connectivity index (χ2v) is 5.81. The molecule has 1 aromatic carbocycles. The van der Waals surface area contributed by atoms with Crippen LogP contribution in [0.25, 0.3) is 0 Å². The van der Waals surface area contributed by atoms with E-state index in [1.807, 2.05) is 12.1 Å². The highest BCUT2D eigenvalue weighted by Gasteiger charge is 2.15. The standard InChI is InChI=1S/C17H21NO4/c1-5-6-15(20)22-11-14(19)18-16(21)12-7-9-13(10-8-12)17(2,3)4/h5-10H,11H2,1-4H3,(H,18,19,21)/b6-5+. The Hall–Kier alpha value is -2.43. The van der Waals surface area contributed by atoms with E-state index in [9.17, 15) is 14.4 Å². The van der Waals surface area contributed by atoms with E-state index in [0.29, 0.717) is 5.56 Å². The Labute approximate surface area is 130 Å². The molecule has 0 saturated heterocycles. The van der Waals surface area contributed by atoms with Gasteiger partial charge in [-0.25, -0.2) is 4.79 Å². The highest BCUT2D eigenvalue weighted by atomic mass is 16.5. The molecule has 118 valence electrons. The molecule has 2 amide bonds. The Kier molecular flexibility index (Phi) is 6.04. The van der Waals surface area contributed by atoms with E-state index >= 15 is 0 Å². The molecular formula is C17H21NO4. The number of allylic oxidation sites excluding steroid dienone is 1. The highest BCUT2D eigenvalue weighted by Crippen LogP contribution is 2.22. The monoisotopic (exact) mass is 303 g/mol. The SMILES string of the molecule is C/C=C/C(=O)OCC(=O)NC(=O)c1ccc(C(C)(C)C)cc1. The molecule has 5 nitrogen and oxygen atoms in total. The largest absolute Gasteiger partial charge is 0.452 e. The Morgan fingerprint density at radius 3 is 2.23 bits per heavy atom. The predicted molar refractivity (Wildman–Crippen MR) is 83.4 cm³/mol. The fourth-order valence-corrected chi connectivity index (χ4v) is 1.68. The van der Waals surface area contributed by atoms with E-state index in [-0.39, 0.29) is 5.41 Å². The van der Waals surface area contributed by atoms with Crippen LogP contribution in [0.2, 0.25) is 0 Å². The van der Waals surface area contributed by atoms with Crippen molar-refractivity contribution in [1.29, 1.82) is 0 Å². The smallest absolute Gasteiger partial charge is 0.330 e. The first-order valence-corrected chi connectivity index (χ1v) is 6.98. The molecule has 1 rings (SSSR count). The number of carbonyl (C=O) groups is 3. The minimum Gasteiger partial charge on any atom is -0.452 e. The predicted octanol–water partition coefficient (Wildman–Crippen LogP) is 2.36. The van der Waals surface area contributed by atoms with Gasteiger partial charge in [0, 0.05) is 11.6 Å². The molecule has 0 bridgehead atoms. The summed E-state index contributed by atoms with van der Waals surface area (Å²) >= 11 is 0. The molecule has 0 aliphatic heterocycles. The Bertz CT molecular complexity index is 580. The lowest BCUT2D eigenvalue weighted by Crippen LogP contribution is -2.34. The number of hydrogen-bond donors (Lipinski definition) is 1. The first kappa shape index (κ1) is 17.6. The van der Waals surface area contributed by atoms with Crippen LogP contribution >= 0.6 is 0 Å². The number of benzene rings is 1. The molecule has 5 heteroatoms. The lowest BCUT2D eigenvalue weighted by Gasteiger charge is -2.18. The first-order valence-electron chi connectivity index (χ1n) is 6.98. The molecular weight excluding hydrogens is 282 g/mol. The van der Waals surface area contributed by atoms with E-state index in [2.05, 4.69) is 30.8 Å². The molecule has 1 aromatic rings. The van der Waals surface area contributed by atoms with E-state index < -0.39 is 24.4 Å². The van der Waals surface area contributed by atoms with Gasteiger partial charge in [0.2, 0.25) is 0 Å². The van der Waals surface area contributed by atoms with Crippen molar-refractivity contribution in [2.75, 3.05) is 6.61 Å². The van der Waals surface area contributed by atoms with Crippen LogP contribution < -0.4 is 5.32 Å². The Morgan fingerprint density at radius 2 is 1.73 bits per heavy atom. The van der Waals surface area contributed by atoms with Crippen LogP contribution in [-0.2, 0) is 19.7 Å². The summed E-state index contributed by atoms with van der Waals surface area (Å²) in [4.78, 5) is 34.5. The summed E-state index contributed by atoms with van der Waals surface area (Å²) in [7, 11) is 0. The Balaban J connectivity index is 2.58. The van der Waals surface area contributed by atoms with Crippen molar-refractivity contribution in [1.82, 2.24) is 5.32 Å². The zero-order chi connectivity index (χ0) is 16.8. The van der Waals surface area contributed by atoms with E-state index in [4.69, 9.17) is 0 Å². The number of amides is 2. The van der Waals surface area contributed by atoms with Crippen molar-refractivity contribution in [2.45, 2.75) is 33.1 Å². The lowest BCUT2D eigenvalue weighted by atomic mass is 9.87. The molecule has 0 spiro atoms. The third kappa shape index (κ3) is 5.52. The van der Waals surface area contributed by atoms with Gasteiger partial charge in [-0.1, -0.05) is 39.0 Å². The normalized spacial score (nSPS) is 11.3.